The van der Waals surface area contributed by atoms with E-state index in [0.717, 1.165) is 10.3 Å². The Morgan fingerprint density at radius 3 is 2.82 bits per heavy atom. The molecule has 60 valence electrons. The van der Waals surface area contributed by atoms with Gasteiger partial charge in [-0.3, -0.25) is 0 Å². The van der Waals surface area contributed by atoms with Crippen molar-refractivity contribution in [3.05, 3.63) is 28.5 Å². The number of aromatic nitrogens is 1. The summed E-state index contributed by atoms with van der Waals surface area (Å²) in [6, 6.07) is 5.78. The van der Waals surface area contributed by atoms with E-state index >= 15 is 0 Å². The van der Waals surface area contributed by atoms with Crippen molar-refractivity contribution in [3.8, 4) is 0 Å². The summed E-state index contributed by atoms with van der Waals surface area (Å²) < 4.78 is 5.95. The number of pyridine rings is 1. The molecule has 0 amide bonds. The maximum atomic E-state index is 5.11. The zero-order valence-electron chi connectivity index (χ0n) is 6.54. The molecule has 0 spiro atoms. The van der Waals surface area contributed by atoms with Crippen LogP contribution in [0.4, 0.5) is 0 Å². The van der Waals surface area contributed by atoms with E-state index < -0.39 is 0 Å². The highest BCUT2D eigenvalue weighted by Crippen LogP contribution is 2.15. The second-order valence-electron chi connectivity index (χ2n) is 2.26. The molecule has 0 saturated heterocycles. The highest BCUT2D eigenvalue weighted by molar-refractivity contribution is 9.10. The van der Waals surface area contributed by atoms with Crippen LogP contribution in [0.25, 0.3) is 0 Å². The number of hydrogen-bond acceptors (Lipinski definition) is 2. The molecule has 0 bridgehead atoms. The molecule has 0 aromatic carbocycles. The topological polar surface area (TPSA) is 22.1 Å². The predicted molar refractivity (Wildman–Crippen MR) is 47.4 cm³/mol. The Morgan fingerprint density at radius 2 is 2.27 bits per heavy atom. The van der Waals surface area contributed by atoms with Gasteiger partial charge in [0.25, 0.3) is 0 Å². The third kappa shape index (κ3) is 2.27. The fourth-order valence-electron chi connectivity index (χ4n) is 0.771. The molecule has 0 aliphatic heterocycles. The van der Waals surface area contributed by atoms with Gasteiger partial charge in [0.15, 0.2) is 0 Å². The lowest BCUT2D eigenvalue weighted by Crippen LogP contribution is -1.98. The summed E-state index contributed by atoms with van der Waals surface area (Å²) in [6.45, 7) is 1.97. The summed E-state index contributed by atoms with van der Waals surface area (Å²) >= 11 is 3.29. The second-order valence-corrected chi connectivity index (χ2v) is 3.08. The normalized spacial score (nSPS) is 13.0. The molecule has 1 aromatic rings. The first-order valence-electron chi connectivity index (χ1n) is 3.39. The van der Waals surface area contributed by atoms with Crippen LogP contribution in [0.1, 0.15) is 18.7 Å². The third-order valence-corrected chi connectivity index (χ3v) is 1.95. The Morgan fingerprint density at radius 1 is 1.55 bits per heavy atom. The van der Waals surface area contributed by atoms with Crippen LogP contribution in [0.15, 0.2) is 22.8 Å². The lowest BCUT2D eigenvalue weighted by atomic mass is 10.2. The summed E-state index contributed by atoms with van der Waals surface area (Å²) in [6.07, 6.45) is 0.0625. The van der Waals surface area contributed by atoms with E-state index in [1.54, 1.807) is 7.11 Å². The number of ether oxygens (including phenoxy) is 1. The van der Waals surface area contributed by atoms with E-state index in [0.29, 0.717) is 0 Å². The van der Waals surface area contributed by atoms with Gasteiger partial charge in [-0.1, -0.05) is 6.07 Å². The van der Waals surface area contributed by atoms with Crippen LogP contribution < -0.4 is 0 Å². The molecule has 2 nitrogen and oxygen atoms in total. The maximum Gasteiger partial charge on any atom is 0.106 e. The first-order valence-corrected chi connectivity index (χ1v) is 4.18. The molecule has 11 heavy (non-hydrogen) atoms. The van der Waals surface area contributed by atoms with E-state index in [1.807, 2.05) is 25.1 Å². The summed E-state index contributed by atoms with van der Waals surface area (Å²) in [7, 11) is 1.67. The second kappa shape index (κ2) is 3.83. The summed E-state index contributed by atoms with van der Waals surface area (Å²) in [5.41, 5.74) is 0.946. The molecule has 3 heteroatoms. The molecule has 1 aromatic heterocycles. The summed E-state index contributed by atoms with van der Waals surface area (Å²) in [5.74, 6) is 0. The van der Waals surface area contributed by atoms with Gasteiger partial charge >= 0.3 is 0 Å². The lowest BCUT2D eigenvalue weighted by Gasteiger charge is -2.07. The van der Waals surface area contributed by atoms with Crippen LogP contribution in [0.5, 0.6) is 0 Å². The SMILES string of the molecule is COC(C)c1cccc(Br)n1. The minimum absolute atomic E-state index is 0.0625. The summed E-state index contributed by atoms with van der Waals surface area (Å²) in [4.78, 5) is 4.24. The average molecular weight is 216 g/mol. The molecule has 0 radical (unpaired) electrons. The molecule has 0 N–H and O–H groups in total. The fraction of sp³-hybridized carbons (Fsp3) is 0.375. The maximum absolute atomic E-state index is 5.11. The van der Waals surface area contributed by atoms with Crippen molar-refractivity contribution in [2.45, 2.75) is 13.0 Å². The van der Waals surface area contributed by atoms with E-state index in [9.17, 15) is 0 Å². The van der Waals surface area contributed by atoms with Gasteiger partial charge in [-0.25, -0.2) is 4.98 Å². The van der Waals surface area contributed by atoms with Gasteiger partial charge in [0.1, 0.15) is 4.60 Å². The molecule has 1 heterocycles. The highest BCUT2D eigenvalue weighted by atomic mass is 79.9. The Hall–Kier alpha value is -0.410. The van der Waals surface area contributed by atoms with E-state index in [-0.39, 0.29) is 6.10 Å². The fourth-order valence-corrected chi connectivity index (χ4v) is 1.13. The van der Waals surface area contributed by atoms with E-state index in [1.165, 1.54) is 0 Å². The molecular formula is C8H10BrNO. The van der Waals surface area contributed by atoms with Crippen LogP contribution in [0.3, 0.4) is 0 Å². The minimum Gasteiger partial charge on any atom is -0.375 e. The molecule has 1 atom stereocenters. The Labute approximate surface area is 74.7 Å². The number of methoxy groups -OCH3 is 1. The quantitative estimate of drug-likeness (QED) is 0.708. The van der Waals surface area contributed by atoms with Crippen molar-refractivity contribution in [1.29, 1.82) is 0 Å². The first kappa shape index (κ1) is 8.68. The zero-order chi connectivity index (χ0) is 8.27. The highest BCUT2D eigenvalue weighted by Gasteiger charge is 2.03. The Kier molecular flexibility index (Phi) is 3.02. The van der Waals surface area contributed by atoms with Gasteiger partial charge in [-0.2, -0.15) is 0 Å². The Balaban J connectivity index is 2.86. The average Bonchev–Trinajstić information content (AvgIpc) is 2.03. The van der Waals surface area contributed by atoms with Gasteiger partial charge in [0.05, 0.1) is 11.8 Å². The van der Waals surface area contributed by atoms with Gasteiger partial charge < -0.3 is 4.74 Å². The standard InChI is InChI=1S/C8H10BrNO/c1-6(11-2)7-4-3-5-8(9)10-7/h3-6H,1-2H3. The molecular weight excluding hydrogens is 206 g/mol. The monoisotopic (exact) mass is 215 g/mol. The van der Waals surface area contributed by atoms with Gasteiger partial charge in [-0.05, 0) is 35.0 Å². The van der Waals surface area contributed by atoms with E-state index in [4.69, 9.17) is 4.74 Å². The molecule has 0 aliphatic carbocycles. The van der Waals surface area contributed by atoms with Crippen molar-refractivity contribution in [2.24, 2.45) is 0 Å². The van der Waals surface area contributed by atoms with Crippen LogP contribution in [0.2, 0.25) is 0 Å². The van der Waals surface area contributed by atoms with Crippen LogP contribution in [-0.2, 0) is 4.74 Å². The number of hydrogen-bond donors (Lipinski definition) is 0. The number of halogens is 1. The molecule has 1 unspecified atom stereocenters. The van der Waals surface area contributed by atoms with Gasteiger partial charge in [0.2, 0.25) is 0 Å². The third-order valence-electron chi connectivity index (χ3n) is 1.51. The summed E-state index contributed by atoms with van der Waals surface area (Å²) in [5, 5.41) is 0. The predicted octanol–water partition coefficient (Wildman–Crippen LogP) is 2.55. The first-order chi connectivity index (χ1) is 5.24. The van der Waals surface area contributed by atoms with Gasteiger partial charge in [0, 0.05) is 7.11 Å². The number of rotatable bonds is 2. The molecule has 1 rings (SSSR count). The van der Waals surface area contributed by atoms with Gasteiger partial charge in [-0.15, -0.1) is 0 Å². The van der Waals surface area contributed by atoms with E-state index in [2.05, 4.69) is 20.9 Å². The van der Waals surface area contributed by atoms with Crippen molar-refractivity contribution >= 4 is 15.9 Å². The van der Waals surface area contributed by atoms with Crippen molar-refractivity contribution in [2.75, 3.05) is 7.11 Å². The van der Waals surface area contributed by atoms with Crippen LogP contribution in [0, 0.1) is 0 Å². The Bertz CT molecular complexity index is 239. The van der Waals surface area contributed by atoms with Crippen molar-refractivity contribution < 1.29 is 4.74 Å². The zero-order valence-corrected chi connectivity index (χ0v) is 8.13. The molecule has 0 aliphatic rings. The van der Waals surface area contributed by atoms with Crippen molar-refractivity contribution in [3.63, 3.8) is 0 Å². The smallest absolute Gasteiger partial charge is 0.106 e. The lowest BCUT2D eigenvalue weighted by molar-refractivity contribution is 0.116. The molecule has 0 saturated carbocycles. The van der Waals surface area contributed by atoms with Crippen LogP contribution >= 0.6 is 15.9 Å². The largest absolute Gasteiger partial charge is 0.375 e. The molecule has 0 fully saturated rings. The van der Waals surface area contributed by atoms with Crippen molar-refractivity contribution in [1.82, 2.24) is 4.98 Å². The minimum atomic E-state index is 0.0625. The van der Waals surface area contributed by atoms with Crippen LogP contribution in [-0.4, -0.2) is 12.1 Å². The number of nitrogens with zero attached hydrogens (tertiary/aromatic N) is 1.